The van der Waals surface area contributed by atoms with Gasteiger partial charge in [0.25, 0.3) is 0 Å². The Balaban J connectivity index is 1.78. The Morgan fingerprint density at radius 1 is 1.36 bits per heavy atom. The molecule has 1 aliphatic rings. The number of carbonyl (C=O) groups is 1. The molecule has 0 spiro atoms. The molecular weight excluding hydrogens is 294 g/mol. The third kappa shape index (κ3) is 4.94. The van der Waals surface area contributed by atoms with Crippen molar-refractivity contribution < 1.29 is 9.53 Å². The summed E-state index contributed by atoms with van der Waals surface area (Å²) in [5, 5.41) is 3.20. The van der Waals surface area contributed by atoms with E-state index < -0.39 is 0 Å². The number of benzene rings is 1. The predicted molar refractivity (Wildman–Crippen MR) is 93.5 cm³/mol. The maximum Gasteiger partial charge on any atom is 0.230 e. The van der Waals surface area contributed by atoms with E-state index in [4.69, 9.17) is 4.74 Å². The van der Waals surface area contributed by atoms with Crippen LogP contribution in [0.4, 0.5) is 0 Å². The normalized spacial score (nSPS) is 21.4. The number of thioether (sulfide) groups is 1. The molecule has 1 saturated carbocycles. The Morgan fingerprint density at radius 2 is 2.14 bits per heavy atom. The van der Waals surface area contributed by atoms with Crippen molar-refractivity contribution in [3.05, 3.63) is 29.3 Å². The van der Waals surface area contributed by atoms with Crippen LogP contribution in [-0.2, 0) is 10.5 Å². The number of methoxy groups -OCH3 is 1. The smallest absolute Gasteiger partial charge is 0.230 e. The lowest BCUT2D eigenvalue weighted by Crippen LogP contribution is -2.41. The average Bonchev–Trinajstić information content (AvgIpc) is 2.50. The third-order valence-corrected chi connectivity index (χ3v) is 5.37. The van der Waals surface area contributed by atoms with Crippen LogP contribution >= 0.6 is 11.8 Å². The molecule has 2 rings (SSSR count). The first-order valence-electron chi connectivity index (χ1n) is 8.10. The van der Waals surface area contributed by atoms with E-state index in [-0.39, 0.29) is 5.91 Å². The lowest BCUT2D eigenvalue weighted by atomic mass is 9.86. The van der Waals surface area contributed by atoms with Crippen LogP contribution in [0, 0.1) is 12.8 Å². The Kier molecular flexibility index (Phi) is 6.62. The lowest BCUT2D eigenvalue weighted by Gasteiger charge is -2.29. The van der Waals surface area contributed by atoms with Gasteiger partial charge in [0.2, 0.25) is 5.91 Å². The van der Waals surface area contributed by atoms with E-state index in [9.17, 15) is 4.79 Å². The van der Waals surface area contributed by atoms with Crippen LogP contribution in [0.25, 0.3) is 0 Å². The molecule has 22 heavy (non-hydrogen) atoms. The zero-order valence-electron chi connectivity index (χ0n) is 13.9. The standard InChI is InChI=1S/C18H27NO2S/c1-13-8-9-17(21-3)15(10-13)11-22-12-18(20)19-16-7-5-4-6-14(16)2/h8-10,14,16H,4-7,11-12H2,1-3H3,(H,19,20)/t14-,16+/m0/s1. The van der Waals surface area contributed by atoms with Crippen LogP contribution in [0.5, 0.6) is 5.75 Å². The van der Waals surface area contributed by atoms with Gasteiger partial charge < -0.3 is 10.1 Å². The summed E-state index contributed by atoms with van der Waals surface area (Å²) in [6, 6.07) is 6.54. The minimum absolute atomic E-state index is 0.162. The molecule has 4 heteroatoms. The summed E-state index contributed by atoms with van der Waals surface area (Å²) < 4.78 is 5.38. The van der Waals surface area contributed by atoms with Crippen LogP contribution in [0.1, 0.15) is 43.7 Å². The zero-order chi connectivity index (χ0) is 15.9. The summed E-state index contributed by atoms with van der Waals surface area (Å²) in [6.45, 7) is 4.32. The Morgan fingerprint density at radius 3 is 2.86 bits per heavy atom. The number of nitrogens with one attached hydrogen (secondary N) is 1. The fourth-order valence-corrected chi connectivity index (χ4v) is 3.87. The molecule has 1 fully saturated rings. The second kappa shape index (κ2) is 8.47. The van der Waals surface area contributed by atoms with Crippen LogP contribution < -0.4 is 10.1 Å². The fourth-order valence-electron chi connectivity index (χ4n) is 3.05. The molecule has 0 bridgehead atoms. The molecule has 0 saturated heterocycles. The van der Waals surface area contributed by atoms with E-state index in [0.717, 1.165) is 23.5 Å². The molecule has 0 heterocycles. The molecule has 0 radical (unpaired) electrons. The largest absolute Gasteiger partial charge is 0.496 e. The minimum Gasteiger partial charge on any atom is -0.496 e. The summed E-state index contributed by atoms with van der Waals surface area (Å²) in [4.78, 5) is 12.1. The van der Waals surface area contributed by atoms with Gasteiger partial charge in [-0.05, 0) is 31.7 Å². The van der Waals surface area contributed by atoms with E-state index in [2.05, 4.69) is 25.2 Å². The number of amides is 1. The van der Waals surface area contributed by atoms with E-state index in [0.29, 0.717) is 17.7 Å². The molecular formula is C18H27NO2S. The van der Waals surface area contributed by atoms with Gasteiger partial charge in [-0.25, -0.2) is 0 Å². The molecule has 1 aliphatic carbocycles. The molecule has 122 valence electrons. The highest BCUT2D eigenvalue weighted by molar-refractivity contribution is 7.99. The number of hydrogen-bond donors (Lipinski definition) is 1. The second-order valence-electron chi connectivity index (χ2n) is 6.24. The van der Waals surface area contributed by atoms with Crippen LogP contribution in [0.3, 0.4) is 0 Å². The van der Waals surface area contributed by atoms with Crippen molar-refractivity contribution >= 4 is 17.7 Å². The molecule has 0 aromatic heterocycles. The van der Waals surface area contributed by atoms with Crippen molar-refractivity contribution in [2.75, 3.05) is 12.9 Å². The lowest BCUT2D eigenvalue weighted by molar-refractivity contribution is -0.119. The number of aryl methyl sites for hydroxylation is 1. The number of hydrogen-bond acceptors (Lipinski definition) is 3. The van der Waals surface area contributed by atoms with Gasteiger partial charge in [-0.15, -0.1) is 11.8 Å². The number of ether oxygens (including phenoxy) is 1. The van der Waals surface area contributed by atoms with Crippen molar-refractivity contribution in [2.24, 2.45) is 5.92 Å². The first kappa shape index (κ1) is 17.2. The molecule has 0 unspecified atom stereocenters. The van der Waals surface area contributed by atoms with Crippen molar-refractivity contribution in [2.45, 2.75) is 51.3 Å². The van der Waals surface area contributed by atoms with Gasteiger partial charge in [-0.1, -0.05) is 37.5 Å². The van der Waals surface area contributed by atoms with Crippen molar-refractivity contribution in [1.29, 1.82) is 0 Å². The van der Waals surface area contributed by atoms with Crippen LogP contribution in [-0.4, -0.2) is 24.8 Å². The zero-order valence-corrected chi connectivity index (χ0v) is 14.7. The van der Waals surface area contributed by atoms with Gasteiger partial charge in [0.05, 0.1) is 12.9 Å². The SMILES string of the molecule is COc1ccc(C)cc1CSCC(=O)N[C@@H]1CCCC[C@@H]1C. The quantitative estimate of drug-likeness (QED) is 0.862. The molecule has 2 atom stereocenters. The second-order valence-corrected chi connectivity index (χ2v) is 7.23. The highest BCUT2D eigenvalue weighted by Crippen LogP contribution is 2.25. The predicted octanol–water partition coefficient (Wildman–Crippen LogP) is 3.93. The summed E-state index contributed by atoms with van der Waals surface area (Å²) in [6.07, 6.45) is 4.90. The Labute approximate surface area is 138 Å². The molecule has 1 N–H and O–H groups in total. The Hall–Kier alpha value is -1.16. The number of carbonyl (C=O) groups excluding carboxylic acids is 1. The van der Waals surface area contributed by atoms with Gasteiger partial charge >= 0.3 is 0 Å². The maximum atomic E-state index is 12.1. The molecule has 1 aromatic rings. The summed E-state index contributed by atoms with van der Waals surface area (Å²) >= 11 is 1.65. The van der Waals surface area contributed by atoms with E-state index in [1.165, 1.54) is 24.8 Å². The Bertz CT molecular complexity index is 504. The highest BCUT2D eigenvalue weighted by Gasteiger charge is 2.22. The van der Waals surface area contributed by atoms with Crippen molar-refractivity contribution in [3.63, 3.8) is 0 Å². The van der Waals surface area contributed by atoms with Crippen molar-refractivity contribution in [1.82, 2.24) is 5.32 Å². The van der Waals surface area contributed by atoms with E-state index in [1.807, 2.05) is 12.1 Å². The van der Waals surface area contributed by atoms with Gasteiger partial charge in [-0.3, -0.25) is 4.79 Å². The van der Waals surface area contributed by atoms with Crippen molar-refractivity contribution in [3.8, 4) is 5.75 Å². The third-order valence-electron chi connectivity index (χ3n) is 4.38. The highest BCUT2D eigenvalue weighted by atomic mass is 32.2. The van der Waals surface area contributed by atoms with Gasteiger partial charge in [0.15, 0.2) is 0 Å². The van der Waals surface area contributed by atoms with Crippen LogP contribution in [0.15, 0.2) is 18.2 Å². The van der Waals surface area contributed by atoms with E-state index in [1.54, 1.807) is 18.9 Å². The molecule has 0 aliphatic heterocycles. The average molecular weight is 321 g/mol. The van der Waals surface area contributed by atoms with Gasteiger partial charge in [0, 0.05) is 17.4 Å². The topological polar surface area (TPSA) is 38.3 Å². The summed E-state index contributed by atoms with van der Waals surface area (Å²) in [5.41, 5.74) is 2.38. The van der Waals surface area contributed by atoms with E-state index >= 15 is 0 Å². The monoisotopic (exact) mass is 321 g/mol. The maximum absolute atomic E-state index is 12.1. The summed E-state index contributed by atoms with van der Waals surface area (Å²) in [5.74, 6) is 2.99. The first-order chi connectivity index (χ1) is 10.6. The molecule has 1 amide bonds. The molecule has 1 aromatic carbocycles. The van der Waals surface area contributed by atoms with Crippen LogP contribution in [0.2, 0.25) is 0 Å². The summed E-state index contributed by atoms with van der Waals surface area (Å²) in [7, 11) is 1.69. The minimum atomic E-state index is 0.162. The fraction of sp³-hybridized carbons (Fsp3) is 0.611. The first-order valence-corrected chi connectivity index (χ1v) is 9.26. The molecule has 3 nitrogen and oxygen atoms in total. The van der Waals surface area contributed by atoms with Gasteiger partial charge in [-0.2, -0.15) is 0 Å². The number of rotatable bonds is 6. The van der Waals surface area contributed by atoms with Gasteiger partial charge in [0.1, 0.15) is 5.75 Å².